The van der Waals surface area contributed by atoms with Gasteiger partial charge in [-0.05, 0) is 36.8 Å². The maximum Gasteiger partial charge on any atom is 0.291 e. The zero-order chi connectivity index (χ0) is 21.7. The van der Waals surface area contributed by atoms with E-state index in [9.17, 15) is 9.59 Å². The molecule has 2 aromatic carbocycles. The molecule has 1 aliphatic rings. The van der Waals surface area contributed by atoms with Crippen molar-refractivity contribution in [1.82, 2.24) is 14.6 Å². The van der Waals surface area contributed by atoms with Gasteiger partial charge < -0.3 is 4.90 Å². The van der Waals surface area contributed by atoms with Crippen molar-refractivity contribution < 1.29 is 4.79 Å². The van der Waals surface area contributed by atoms with Crippen LogP contribution in [0, 0.1) is 0 Å². The molecule has 1 aliphatic heterocycles. The van der Waals surface area contributed by atoms with Gasteiger partial charge >= 0.3 is 0 Å². The molecule has 4 aromatic rings. The molecule has 0 saturated carbocycles. The zero-order valence-corrected chi connectivity index (χ0v) is 20.4. The van der Waals surface area contributed by atoms with Crippen molar-refractivity contribution in [1.29, 1.82) is 0 Å². The highest BCUT2D eigenvalue weighted by molar-refractivity contribution is 9.10. The van der Waals surface area contributed by atoms with E-state index in [1.807, 2.05) is 42.5 Å². The molecule has 2 aromatic heterocycles. The standard InChI is InChI=1S/C22H16Br2N4O2S/c1-2-3-10-27-16-9-8-14(24)11-15(16)17(20(27)29)18-21(30)28-22(31-18)25-19(26-28)12-4-6-13(23)7-5-12/h4-9,11H,2-3,10H2,1H3/b18-17-. The predicted octanol–water partition coefficient (Wildman–Crippen LogP) is 4.41. The summed E-state index contributed by atoms with van der Waals surface area (Å²) in [5.41, 5.74) is 2.54. The van der Waals surface area contributed by atoms with Crippen LogP contribution in [0.2, 0.25) is 0 Å². The molecule has 3 heterocycles. The van der Waals surface area contributed by atoms with Crippen LogP contribution in [0.25, 0.3) is 21.9 Å². The van der Waals surface area contributed by atoms with Gasteiger partial charge in [-0.1, -0.05) is 68.7 Å². The van der Waals surface area contributed by atoms with Crippen molar-refractivity contribution in [2.24, 2.45) is 0 Å². The quantitative estimate of drug-likeness (QED) is 0.371. The van der Waals surface area contributed by atoms with E-state index in [1.165, 1.54) is 15.9 Å². The number of thiazole rings is 1. The highest BCUT2D eigenvalue weighted by Gasteiger charge is 2.34. The number of amides is 1. The van der Waals surface area contributed by atoms with Crippen LogP contribution in [-0.4, -0.2) is 27.0 Å². The number of hydrogen-bond donors (Lipinski definition) is 0. The average Bonchev–Trinajstić information content (AvgIpc) is 3.38. The maximum atomic E-state index is 13.3. The summed E-state index contributed by atoms with van der Waals surface area (Å²) in [4.78, 5) is 33.4. The van der Waals surface area contributed by atoms with Crippen molar-refractivity contribution in [2.45, 2.75) is 19.8 Å². The fourth-order valence-electron chi connectivity index (χ4n) is 3.67. The van der Waals surface area contributed by atoms with E-state index in [4.69, 9.17) is 0 Å². The Kier molecular flexibility index (Phi) is 5.27. The second-order valence-corrected chi connectivity index (χ2v) is 10.0. The van der Waals surface area contributed by atoms with Crippen LogP contribution in [-0.2, 0) is 4.79 Å². The van der Waals surface area contributed by atoms with E-state index in [0.717, 1.165) is 38.6 Å². The molecule has 0 radical (unpaired) electrons. The number of rotatable bonds is 4. The molecule has 5 rings (SSSR count). The number of anilines is 1. The first-order valence-corrected chi connectivity index (χ1v) is 12.2. The SMILES string of the molecule is CCCCN1C(=O)/C(=c2\sc3nc(-c4ccc(Br)cc4)nn3c2=O)c2cc(Br)ccc21. The highest BCUT2D eigenvalue weighted by atomic mass is 79.9. The lowest BCUT2D eigenvalue weighted by Crippen LogP contribution is -2.33. The van der Waals surface area contributed by atoms with Crippen molar-refractivity contribution >= 4 is 65.3 Å². The number of hydrogen-bond acceptors (Lipinski definition) is 5. The van der Waals surface area contributed by atoms with Crippen molar-refractivity contribution in [3.05, 3.63) is 71.9 Å². The zero-order valence-electron chi connectivity index (χ0n) is 16.4. The molecular formula is C22H16Br2N4O2S. The third kappa shape index (κ3) is 3.44. The first-order chi connectivity index (χ1) is 15.0. The van der Waals surface area contributed by atoms with E-state index >= 15 is 0 Å². The Balaban J connectivity index is 1.69. The van der Waals surface area contributed by atoms with Gasteiger partial charge in [0.2, 0.25) is 4.96 Å². The Bertz CT molecular complexity index is 1440. The number of carbonyl (C=O) groups excluding carboxylic acids is 1. The Morgan fingerprint density at radius 3 is 2.48 bits per heavy atom. The van der Waals surface area contributed by atoms with Crippen LogP contribution in [0.1, 0.15) is 25.3 Å². The second kappa shape index (κ2) is 7.96. The topological polar surface area (TPSA) is 67.6 Å². The molecule has 0 spiro atoms. The molecule has 156 valence electrons. The largest absolute Gasteiger partial charge is 0.308 e. The summed E-state index contributed by atoms with van der Waals surface area (Å²) in [7, 11) is 0. The Morgan fingerprint density at radius 1 is 1.03 bits per heavy atom. The molecule has 0 bridgehead atoms. The van der Waals surface area contributed by atoms with Gasteiger partial charge in [0.1, 0.15) is 4.53 Å². The summed E-state index contributed by atoms with van der Waals surface area (Å²) in [5.74, 6) is 0.342. The lowest BCUT2D eigenvalue weighted by Gasteiger charge is -2.16. The van der Waals surface area contributed by atoms with Gasteiger partial charge in [-0.15, -0.1) is 5.10 Å². The van der Waals surface area contributed by atoms with Crippen LogP contribution in [0.5, 0.6) is 0 Å². The molecule has 0 saturated heterocycles. The normalized spacial score (nSPS) is 15.2. The number of aromatic nitrogens is 3. The van der Waals surface area contributed by atoms with Crippen LogP contribution in [0.15, 0.2) is 56.2 Å². The molecule has 9 heteroatoms. The lowest BCUT2D eigenvalue weighted by atomic mass is 10.1. The molecule has 0 N–H and O–H groups in total. The summed E-state index contributed by atoms with van der Waals surface area (Å²) in [6.45, 7) is 2.71. The number of unbranched alkanes of at least 4 members (excludes halogenated alkanes) is 1. The first kappa shape index (κ1) is 20.5. The summed E-state index contributed by atoms with van der Waals surface area (Å²) < 4.78 is 3.49. The van der Waals surface area contributed by atoms with Gasteiger partial charge in [0.05, 0.1) is 11.3 Å². The number of halogens is 2. The summed E-state index contributed by atoms with van der Waals surface area (Å²) in [6.07, 6.45) is 1.87. The summed E-state index contributed by atoms with van der Waals surface area (Å²) >= 11 is 8.11. The van der Waals surface area contributed by atoms with E-state index in [0.29, 0.717) is 27.4 Å². The van der Waals surface area contributed by atoms with E-state index in [1.54, 1.807) is 4.90 Å². The number of benzene rings is 2. The van der Waals surface area contributed by atoms with Crippen LogP contribution in [0.4, 0.5) is 5.69 Å². The van der Waals surface area contributed by atoms with E-state index in [-0.39, 0.29) is 11.5 Å². The molecule has 0 unspecified atom stereocenters. The van der Waals surface area contributed by atoms with Crippen molar-refractivity contribution in [2.75, 3.05) is 11.4 Å². The van der Waals surface area contributed by atoms with Crippen molar-refractivity contribution in [3.8, 4) is 11.4 Å². The van der Waals surface area contributed by atoms with E-state index < -0.39 is 0 Å². The highest BCUT2D eigenvalue weighted by Crippen LogP contribution is 2.37. The Hall–Kier alpha value is -2.36. The third-order valence-corrected chi connectivity index (χ3v) is 7.25. The first-order valence-electron chi connectivity index (χ1n) is 9.79. The van der Waals surface area contributed by atoms with Crippen LogP contribution >= 0.6 is 43.2 Å². The number of fused-ring (bicyclic) bond motifs is 2. The van der Waals surface area contributed by atoms with Gasteiger partial charge in [-0.2, -0.15) is 9.50 Å². The molecule has 1 amide bonds. The second-order valence-electron chi connectivity index (χ2n) is 7.22. The van der Waals surface area contributed by atoms with Gasteiger partial charge in [0.15, 0.2) is 5.82 Å². The molecule has 0 atom stereocenters. The van der Waals surface area contributed by atoms with Crippen molar-refractivity contribution in [3.63, 3.8) is 0 Å². The van der Waals surface area contributed by atoms with Crippen LogP contribution in [0.3, 0.4) is 0 Å². The molecule has 0 aliphatic carbocycles. The number of carbonyl (C=O) groups is 1. The minimum atomic E-state index is -0.317. The fraction of sp³-hybridized carbons (Fsp3) is 0.182. The predicted molar refractivity (Wildman–Crippen MR) is 129 cm³/mol. The molecular weight excluding hydrogens is 544 g/mol. The maximum absolute atomic E-state index is 13.3. The third-order valence-electron chi connectivity index (χ3n) is 5.20. The monoisotopic (exact) mass is 558 g/mol. The Morgan fingerprint density at radius 2 is 1.77 bits per heavy atom. The fourth-order valence-corrected chi connectivity index (χ4v) is 5.29. The minimum absolute atomic E-state index is 0.142. The smallest absolute Gasteiger partial charge is 0.291 e. The van der Waals surface area contributed by atoms with Gasteiger partial charge in [0.25, 0.3) is 11.5 Å². The number of nitrogens with zero attached hydrogens (tertiary/aromatic N) is 4. The van der Waals surface area contributed by atoms with Gasteiger partial charge in [-0.25, -0.2) is 0 Å². The summed E-state index contributed by atoms with van der Waals surface area (Å²) in [6, 6.07) is 13.3. The minimum Gasteiger partial charge on any atom is -0.308 e. The summed E-state index contributed by atoms with van der Waals surface area (Å²) in [5, 5.41) is 4.41. The molecule has 31 heavy (non-hydrogen) atoms. The van der Waals surface area contributed by atoms with Gasteiger partial charge in [0, 0.05) is 26.6 Å². The average molecular weight is 560 g/mol. The van der Waals surface area contributed by atoms with Crippen LogP contribution < -0.4 is 15.0 Å². The van der Waals surface area contributed by atoms with Gasteiger partial charge in [-0.3, -0.25) is 9.59 Å². The Labute approximate surface area is 198 Å². The van der Waals surface area contributed by atoms with E-state index in [2.05, 4.69) is 48.9 Å². The molecule has 6 nitrogen and oxygen atoms in total. The molecule has 0 fully saturated rings. The lowest BCUT2D eigenvalue weighted by molar-refractivity contribution is -0.113.